The van der Waals surface area contributed by atoms with Crippen molar-refractivity contribution in [1.82, 2.24) is 15.2 Å². The summed E-state index contributed by atoms with van der Waals surface area (Å²) in [5, 5.41) is 14.9. The molecule has 2 N–H and O–H groups in total. The van der Waals surface area contributed by atoms with Crippen LogP contribution in [0.1, 0.15) is 24.0 Å². The number of rotatable bonds is 5. The Morgan fingerprint density at radius 2 is 1.97 bits per heavy atom. The van der Waals surface area contributed by atoms with Crippen molar-refractivity contribution in [3.63, 3.8) is 0 Å². The quantitative estimate of drug-likeness (QED) is 0.630. The van der Waals surface area contributed by atoms with Gasteiger partial charge in [0.05, 0.1) is 5.02 Å². The molecule has 0 bridgehead atoms. The van der Waals surface area contributed by atoms with Crippen LogP contribution in [0.5, 0.6) is 5.75 Å². The maximum Gasteiger partial charge on any atom is 0.407 e. The highest BCUT2D eigenvalue weighted by Gasteiger charge is 2.22. The van der Waals surface area contributed by atoms with Gasteiger partial charge >= 0.3 is 6.09 Å². The number of carbonyl (C=O) groups excluding carboxylic acids is 1. The van der Waals surface area contributed by atoms with E-state index in [0.717, 1.165) is 42.4 Å². The fourth-order valence-electron chi connectivity index (χ4n) is 3.77. The number of piperidine rings is 1. The van der Waals surface area contributed by atoms with E-state index < -0.39 is 0 Å². The lowest BCUT2D eigenvalue weighted by Gasteiger charge is -2.32. The monoisotopic (exact) mass is 425 g/mol. The standard InChI is InChI=1S/C23H24ClN3O3/c24-20-13-17(22(28)21-19(20)7-4-10-25-21)14-27-11-8-18(9-12-27)26-23(29)30-15-16-5-2-1-3-6-16/h1-7,10,13,18,28H,8-9,11-12,14-15H2,(H,26,29). The molecule has 2 aromatic carbocycles. The number of phenolic OH excluding ortho intramolecular Hbond substituents is 1. The first-order valence-corrected chi connectivity index (χ1v) is 10.4. The zero-order valence-corrected chi connectivity index (χ0v) is 17.3. The molecule has 0 aliphatic carbocycles. The van der Waals surface area contributed by atoms with Crippen LogP contribution in [-0.2, 0) is 17.9 Å². The Balaban J connectivity index is 1.28. The maximum absolute atomic E-state index is 12.1. The number of fused-ring (bicyclic) bond motifs is 1. The van der Waals surface area contributed by atoms with Crippen molar-refractivity contribution >= 4 is 28.6 Å². The van der Waals surface area contributed by atoms with Crippen molar-refractivity contribution in [2.75, 3.05) is 13.1 Å². The topological polar surface area (TPSA) is 74.7 Å². The van der Waals surface area contributed by atoms with Gasteiger partial charge in [-0.3, -0.25) is 9.88 Å². The first-order chi connectivity index (χ1) is 14.6. The molecule has 2 heterocycles. The van der Waals surface area contributed by atoms with Gasteiger partial charge in [-0.25, -0.2) is 4.79 Å². The summed E-state index contributed by atoms with van der Waals surface area (Å²) in [5.74, 6) is 0.180. The summed E-state index contributed by atoms with van der Waals surface area (Å²) >= 11 is 6.38. The minimum Gasteiger partial charge on any atom is -0.505 e. The van der Waals surface area contributed by atoms with Crippen LogP contribution in [0.3, 0.4) is 0 Å². The van der Waals surface area contributed by atoms with Crippen LogP contribution in [0.2, 0.25) is 5.02 Å². The van der Waals surface area contributed by atoms with E-state index >= 15 is 0 Å². The van der Waals surface area contributed by atoms with Crippen LogP contribution >= 0.6 is 11.6 Å². The number of hydrogen-bond donors (Lipinski definition) is 2. The average Bonchev–Trinajstić information content (AvgIpc) is 2.78. The van der Waals surface area contributed by atoms with E-state index in [1.165, 1.54) is 0 Å². The van der Waals surface area contributed by atoms with Gasteiger partial charge in [-0.2, -0.15) is 0 Å². The van der Waals surface area contributed by atoms with E-state index in [2.05, 4.69) is 15.2 Å². The second-order valence-corrected chi connectivity index (χ2v) is 7.93. The number of benzene rings is 2. The maximum atomic E-state index is 12.1. The van der Waals surface area contributed by atoms with Gasteiger partial charge < -0.3 is 15.2 Å². The van der Waals surface area contributed by atoms with Crippen LogP contribution in [-0.4, -0.2) is 40.2 Å². The van der Waals surface area contributed by atoms with Crippen LogP contribution in [0.4, 0.5) is 4.79 Å². The van der Waals surface area contributed by atoms with E-state index in [4.69, 9.17) is 16.3 Å². The number of ether oxygens (including phenoxy) is 1. The van der Waals surface area contributed by atoms with Crippen molar-refractivity contribution in [1.29, 1.82) is 0 Å². The lowest BCUT2D eigenvalue weighted by molar-refractivity contribution is 0.125. The van der Waals surface area contributed by atoms with Gasteiger partial charge in [0.15, 0.2) is 0 Å². The second kappa shape index (κ2) is 9.32. The Morgan fingerprint density at radius 3 is 2.73 bits per heavy atom. The molecule has 0 saturated carbocycles. The van der Waals surface area contributed by atoms with Crippen molar-refractivity contribution in [3.05, 3.63) is 70.9 Å². The van der Waals surface area contributed by atoms with Crippen LogP contribution in [0.25, 0.3) is 10.9 Å². The molecule has 156 valence electrons. The number of nitrogens with zero attached hydrogens (tertiary/aromatic N) is 2. The Hall–Kier alpha value is -2.83. The molecule has 4 rings (SSSR count). The molecular weight excluding hydrogens is 402 g/mol. The molecule has 1 aliphatic heterocycles. The SMILES string of the molecule is O=C(NC1CCN(Cc2cc(Cl)c3cccnc3c2O)CC1)OCc1ccccc1. The number of likely N-dealkylation sites (tertiary alicyclic amines) is 1. The van der Waals surface area contributed by atoms with E-state index in [1.807, 2.05) is 42.5 Å². The first kappa shape index (κ1) is 20.4. The number of nitrogens with one attached hydrogen (secondary N) is 1. The number of phenols is 1. The summed E-state index contributed by atoms with van der Waals surface area (Å²) in [6.07, 6.45) is 2.90. The molecule has 1 saturated heterocycles. The molecule has 7 heteroatoms. The minimum absolute atomic E-state index is 0.0833. The van der Waals surface area contributed by atoms with E-state index in [0.29, 0.717) is 17.1 Å². The van der Waals surface area contributed by atoms with Crippen LogP contribution in [0.15, 0.2) is 54.7 Å². The summed E-state index contributed by atoms with van der Waals surface area (Å²) in [6, 6.07) is 15.2. The predicted octanol–water partition coefficient (Wildman–Crippen LogP) is 4.48. The Bertz CT molecular complexity index is 1020. The normalized spacial score (nSPS) is 15.2. The minimum atomic E-state index is -0.387. The van der Waals surface area contributed by atoms with Crippen molar-refractivity contribution < 1.29 is 14.6 Å². The number of carbonyl (C=O) groups is 1. The number of halogens is 1. The molecule has 0 atom stereocenters. The Kier molecular flexibility index (Phi) is 6.35. The van der Waals surface area contributed by atoms with E-state index in [9.17, 15) is 9.90 Å². The molecule has 0 radical (unpaired) electrons. The zero-order chi connectivity index (χ0) is 20.9. The fraction of sp³-hybridized carbons (Fsp3) is 0.304. The number of alkyl carbamates (subject to hydrolysis) is 1. The third-order valence-corrected chi connectivity index (χ3v) is 5.72. The van der Waals surface area contributed by atoms with Gasteiger partial charge in [-0.05, 0) is 36.6 Å². The van der Waals surface area contributed by atoms with Crippen LogP contribution < -0.4 is 5.32 Å². The highest BCUT2D eigenvalue weighted by Crippen LogP contribution is 2.33. The number of aromatic nitrogens is 1. The number of pyridine rings is 1. The van der Waals surface area contributed by atoms with Gasteiger partial charge in [-0.15, -0.1) is 0 Å². The predicted molar refractivity (Wildman–Crippen MR) is 116 cm³/mol. The molecule has 6 nitrogen and oxygen atoms in total. The largest absolute Gasteiger partial charge is 0.505 e. The van der Waals surface area contributed by atoms with Gasteiger partial charge in [0.1, 0.15) is 17.9 Å². The third kappa shape index (κ3) is 4.83. The lowest BCUT2D eigenvalue weighted by atomic mass is 10.0. The summed E-state index contributed by atoms with van der Waals surface area (Å²) in [6.45, 7) is 2.46. The van der Waals surface area contributed by atoms with Gasteiger partial charge in [-0.1, -0.05) is 41.9 Å². The Labute approximate surface area is 180 Å². The van der Waals surface area contributed by atoms with Crippen molar-refractivity contribution in [2.45, 2.75) is 32.0 Å². The zero-order valence-electron chi connectivity index (χ0n) is 16.6. The Morgan fingerprint density at radius 1 is 1.20 bits per heavy atom. The van der Waals surface area contributed by atoms with Gasteiger partial charge in [0.25, 0.3) is 0 Å². The number of aromatic hydroxyl groups is 1. The summed E-state index contributed by atoms with van der Waals surface area (Å²) in [4.78, 5) is 18.6. The summed E-state index contributed by atoms with van der Waals surface area (Å²) in [7, 11) is 0. The number of amides is 1. The number of hydrogen-bond acceptors (Lipinski definition) is 5. The van der Waals surface area contributed by atoms with Gasteiger partial charge in [0, 0.05) is 42.8 Å². The third-order valence-electron chi connectivity index (χ3n) is 5.41. The molecule has 3 aromatic rings. The average molecular weight is 426 g/mol. The van der Waals surface area contributed by atoms with E-state index in [-0.39, 0.29) is 24.5 Å². The summed E-state index contributed by atoms with van der Waals surface area (Å²) in [5.41, 5.74) is 2.25. The van der Waals surface area contributed by atoms with E-state index in [1.54, 1.807) is 12.3 Å². The molecule has 30 heavy (non-hydrogen) atoms. The van der Waals surface area contributed by atoms with Crippen LogP contribution in [0, 0.1) is 0 Å². The van der Waals surface area contributed by atoms with Crippen molar-refractivity contribution in [2.24, 2.45) is 0 Å². The smallest absolute Gasteiger partial charge is 0.407 e. The molecule has 1 amide bonds. The highest BCUT2D eigenvalue weighted by atomic mass is 35.5. The fourth-order valence-corrected chi connectivity index (χ4v) is 4.05. The van der Waals surface area contributed by atoms with Gasteiger partial charge in [0.2, 0.25) is 0 Å². The molecule has 1 aliphatic rings. The molecule has 0 unspecified atom stereocenters. The molecular formula is C23H24ClN3O3. The second-order valence-electron chi connectivity index (χ2n) is 7.52. The molecule has 0 spiro atoms. The molecule has 1 fully saturated rings. The first-order valence-electron chi connectivity index (χ1n) is 10.0. The highest BCUT2D eigenvalue weighted by molar-refractivity contribution is 6.35. The summed E-state index contributed by atoms with van der Waals surface area (Å²) < 4.78 is 5.30. The lowest BCUT2D eigenvalue weighted by Crippen LogP contribution is -2.44. The molecule has 1 aromatic heterocycles. The van der Waals surface area contributed by atoms with Crippen molar-refractivity contribution in [3.8, 4) is 5.75 Å².